The van der Waals surface area contributed by atoms with Crippen molar-refractivity contribution < 1.29 is 5.11 Å². The largest absolute Gasteiger partial charge is 0.394 e. The molecule has 19 heavy (non-hydrogen) atoms. The van der Waals surface area contributed by atoms with Crippen LogP contribution in [0.15, 0.2) is 0 Å². The van der Waals surface area contributed by atoms with Crippen molar-refractivity contribution in [1.82, 2.24) is 9.80 Å². The van der Waals surface area contributed by atoms with Crippen LogP contribution in [0.2, 0.25) is 0 Å². The molecule has 112 valence electrons. The molecule has 2 aliphatic rings. The summed E-state index contributed by atoms with van der Waals surface area (Å²) in [4.78, 5) is 5.31. The first-order valence-corrected chi connectivity index (χ1v) is 7.90. The predicted octanol–water partition coefficient (Wildman–Crippen LogP) is 1.03. The van der Waals surface area contributed by atoms with Crippen molar-refractivity contribution in [1.29, 1.82) is 0 Å². The van der Waals surface area contributed by atoms with Gasteiger partial charge in [0.15, 0.2) is 0 Å². The summed E-state index contributed by atoms with van der Waals surface area (Å²) in [6.07, 6.45) is 6.14. The monoisotopic (exact) mass is 269 g/mol. The minimum Gasteiger partial charge on any atom is -0.394 e. The molecule has 0 saturated carbocycles. The Morgan fingerprint density at radius 3 is 2.84 bits per heavy atom. The molecule has 2 fully saturated rings. The molecule has 4 heteroatoms. The molecule has 2 rings (SSSR count). The average Bonchev–Trinajstić information content (AvgIpc) is 2.39. The second kappa shape index (κ2) is 6.53. The van der Waals surface area contributed by atoms with Gasteiger partial charge in [-0.3, -0.25) is 9.80 Å². The third-order valence-electron chi connectivity index (χ3n) is 4.87. The molecule has 0 aromatic carbocycles. The number of piperidine rings is 1. The fourth-order valence-electron chi connectivity index (χ4n) is 3.49. The number of piperazine rings is 1. The first-order chi connectivity index (χ1) is 9.02. The van der Waals surface area contributed by atoms with Crippen LogP contribution in [0.1, 0.15) is 46.0 Å². The molecule has 0 aromatic rings. The number of fused-ring (bicyclic) bond motifs is 1. The van der Waals surface area contributed by atoms with Crippen molar-refractivity contribution in [2.75, 3.05) is 32.8 Å². The molecule has 2 heterocycles. The lowest BCUT2D eigenvalue weighted by Gasteiger charge is -2.47. The van der Waals surface area contributed by atoms with Crippen LogP contribution in [0, 0.1) is 0 Å². The van der Waals surface area contributed by atoms with Crippen molar-refractivity contribution >= 4 is 0 Å². The van der Waals surface area contributed by atoms with Gasteiger partial charge < -0.3 is 10.8 Å². The third-order valence-corrected chi connectivity index (χ3v) is 4.87. The maximum Gasteiger partial charge on any atom is 0.0608 e. The Morgan fingerprint density at radius 1 is 1.32 bits per heavy atom. The quantitative estimate of drug-likeness (QED) is 0.783. The molecule has 0 amide bonds. The first-order valence-electron chi connectivity index (χ1n) is 7.90. The summed E-state index contributed by atoms with van der Waals surface area (Å²) in [5.74, 6) is 0. The number of aliphatic hydroxyl groups is 1. The van der Waals surface area contributed by atoms with Crippen molar-refractivity contribution in [2.45, 2.75) is 63.6 Å². The van der Waals surface area contributed by atoms with Gasteiger partial charge in [-0.05, 0) is 52.6 Å². The topological polar surface area (TPSA) is 52.7 Å². The summed E-state index contributed by atoms with van der Waals surface area (Å²) in [6, 6.07) is 1.44. The number of aliphatic hydroxyl groups excluding tert-OH is 1. The molecule has 0 aliphatic carbocycles. The smallest absolute Gasteiger partial charge is 0.0608 e. The van der Waals surface area contributed by atoms with Crippen LogP contribution in [0.5, 0.6) is 0 Å². The molecule has 3 atom stereocenters. The van der Waals surface area contributed by atoms with Gasteiger partial charge in [-0.15, -0.1) is 0 Å². The third kappa shape index (κ3) is 4.15. The van der Waals surface area contributed by atoms with E-state index < -0.39 is 5.54 Å². The normalized spacial score (nSPS) is 32.8. The summed E-state index contributed by atoms with van der Waals surface area (Å²) in [5, 5.41) is 9.19. The van der Waals surface area contributed by atoms with E-state index in [1.54, 1.807) is 0 Å². The van der Waals surface area contributed by atoms with Crippen LogP contribution in [0.4, 0.5) is 0 Å². The first kappa shape index (κ1) is 15.2. The lowest BCUT2D eigenvalue weighted by Crippen LogP contribution is -2.58. The highest BCUT2D eigenvalue weighted by molar-refractivity contribution is 4.89. The zero-order valence-electron chi connectivity index (χ0n) is 12.6. The van der Waals surface area contributed by atoms with E-state index in [9.17, 15) is 5.11 Å². The Morgan fingerprint density at radius 2 is 2.11 bits per heavy atom. The Labute approximate surface area is 117 Å². The van der Waals surface area contributed by atoms with Gasteiger partial charge >= 0.3 is 0 Å². The number of nitrogens with zero attached hydrogens (tertiary/aromatic N) is 2. The van der Waals surface area contributed by atoms with E-state index in [2.05, 4.69) is 16.7 Å². The molecular formula is C15H31N3O. The number of hydrogen-bond acceptors (Lipinski definition) is 4. The van der Waals surface area contributed by atoms with Gasteiger partial charge in [-0.1, -0.05) is 6.42 Å². The van der Waals surface area contributed by atoms with Crippen LogP contribution >= 0.6 is 0 Å². The van der Waals surface area contributed by atoms with E-state index in [0.717, 1.165) is 25.4 Å². The van der Waals surface area contributed by atoms with E-state index in [4.69, 9.17) is 5.73 Å². The Hall–Kier alpha value is -0.160. The van der Waals surface area contributed by atoms with E-state index >= 15 is 0 Å². The predicted molar refractivity (Wildman–Crippen MR) is 79.2 cm³/mol. The molecule has 3 unspecified atom stereocenters. The molecular weight excluding hydrogens is 238 g/mol. The summed E-state index contributed by atoms with van der Waals surface area (Å²) >= 11 is 0. The van der Waals surface area contributed by atoms with Crippen LogP contribution in [-0.4, -0.2) is 65.3 Å². The molecule has 0 spiro atoms. The molecule has 2 aliphatic heterocycles. The second-order valence-corrected chi connectivity index (χ2v) is 6.90. The summed E-state index contributed by atoms with van der Waals surface area (Å²) in [5.41, 5.74) is 5.59. The van der Waals surface area contributed by atoms with E-state index in [0.29, 0.717) is 6.04 Å². The van der Waals surface area contributed by atoms with Crippen molar-refractivity contribution in [3.05, 3.63) is 0 Å². The minimum atomic E-state index is -0.407. The molecule has 4 nitrogen and oxygen atoms in total. The molecule has 0 bridgehead atoms. The van der Waals surface area contributed by atoms with Gasteiger partial charge in [-0.2, -0.15) is 0 Å². The average molecular weight is 269 g/mol. The van der Waals surface area contributed by atoms with E-state index in [1.807, 2.05) is 6.92 Å². The highest BCUT2D eigenvalue weighted by Crippen LogP contribution is 2.24. The Bertz CT molecular complexity index is 283. The highest BCUT2D eigenvalue weighted by Gasteiger charge is 2.32. The maximum atomic E-state index is 9.19. The molecule has 3 N–H and O–H groups in total. The Kier molecular flexibility index (Phi) is 5.23. The summed E-state index contributed by atoms with van der Waals surface area (Å²) in [6.45, 7) is 9.24. The number of hydrogen-bond donors (Lipinski definition) is 2. The lowest BCUT2D eigenvalue weighted by molar-refractivity contribution is 0.0136. The van der Waals surface area contributed by atoms with Crippen molar-refractivity contribution in [3.8, 4) is 0 Å². The van der Waals surface area contributed by atoms with Crippen LogP contribution in [-0.2, 0) is 0 Å². The lowest BCUT2D eigenvalue weighted by atomic mass is 9.95. The van der Waals surface area contributed by atoms with Gasteiger partial charge in [-0.25, -0.2) is 0 Å². The van der Waals surface area contributed by atoms with Crippen LogP contribution in [0.25, 0.3) is 0 Å². The minimum absolute atomic E-state index is 0.0823. The standard InChI is InChI=1S/C15H31N3O/c1-13-10-18-8-4-3-6-14(18)11-17(13)9-5-7-15(2,16)12-19/h13-14,19H,3-12,16H2,1-2H3. The molecule has 0 aromatic heterocycles. The molecule has 2 saturated heterocycles. The van der Waals surface area contributed by atoms with Gasteiger partial charge in [0.25, 0.3) is 0 Å². The summed E-state index contributed by atoms with van der Waals surface area (Å²) in [7, 11) is 0. The Balaban J connectivity index is 1.77. The zero-order valence-corrected chi connectivity index (χ0v) is 12.6. The van der Waals surface area contributed by atoms with Crippen LogP contribution in [0.3, 0.4) is 0 Å². The summed E-state index contributed by atoms with van der Waals surface area (Å²) < 4.78 is 0. The highest BCUT2D eigenvalue weighted by atomic mass is 16.3. The maximum absolute atomic E-state index is 9.19. The van der Waals surface area contributed by atoms with Gasteiger partial charge in [0, 0.05) is 30.7 Å². The van der Waals surface area contributed by atoms with Crippen molar-refractivity contribution in [2.24, 2.45) is 5.73 Å². The molecule has 0 radical (unpaired) electrons. The van der Waals surface area contributed by atoms with Crippen LogP contribution < -0.4 is 5.73 Å². The van der Waals surface area contributed by atoms with Gasteiger partial charge in [0.05, 0.1) is 6.61 Å². The second-order valence-electron chi connectivity index (χ2n) is 6.90. The number of nitrogens with two attached hydrogens (primary N) is 1. The zero-order chi connectivity index (χ0) is 13.9. The number of rotatable bonds is 5. The van der Waals surface area contributed by atoms with E-state index in [1.165, 1.54) is 38.9 Å². The van der Waals surface area contributed by atoms with Crippen molar-refractivity contribution in [3.63, 3.8) is 0 Å². The van der Waals surface area contributed by atoms with Gasteiger partial charge in [0.1, 0.15) is 0 Å². The SMILES string of the molecule is CC1CN2CCCCC2CN1CCCC(C)(N)CO. The van der Waals surface area contributed by atoms with E-state index in [-0.39, 0.29) is 6.61 Å². The fraction of sp³-hybridized carbons (Fsp3) is 1.00. The van der Waals surface area contributed by atoms with Gasteiger partial charge in [0.2, 0.25) is 0 Å². The fourth-order valence-corrected chi connectivity index (χ4v) is 3.49.